The third-order valence-corrected chi connectivity index (χ3v) is 4.50. The van der Waals surface area contributed by atoms with E-state index in [1.54, 1.807) is 21.6 Å². The van der Waals surface area contributed by atoms with Gasteiger partial charge in [-0.25, -0.2) is 0 Å². The predicted octanol–water partition coefficient (Wildman–Crippen LogP) is 1.52. The van der Waals surface area contributed by atoms with Crippen LogP contribution in [-0.4, -0.2) is 33.9 Å². The highest BCUT2D eigenvalue weighted by Gasteiger charge is 2.17. The second kappa shape index (κ2) is 6.17. The summed E-state index contributed by atoms with van der Waals surface area (Å²) in [6.45, 7) is 4.66. The minimum Gasteiger partial charge on any atom is -0.396 e. The minimum absolute atomic E-state index is 0.120. The molecule has 0 bridgehead atoms. The van der Waals surface area contributed by atoms with Gasteiger partial charge in [0.2, 0.25) is 0 Å². The molecule has 0 saturated carbocycles. The topological polar surface area (TPSA) is 40.5 Å². The summed E-state index contributed by atoms with van der Waals surface area (Å²) < 4.78 is 0.120. The summed E-state index contributed by atoms with van der Waals surface area (Å²) in [6.07, 6.45) is 0.802. The van der Waals surface area contributed by atoms with Gasteiger partial charge in [0, 0.05) is 17.1 Å². The molecule has 2 N–H and O–H groups in total. The molecular formula is C7H16O2S2. The SMILES string of the molecule is CC(C)(CCO)SSCCO. The lowest BCUT2D eigenvalue weighted by molar-refractivity contribution is 0.275. The van der Waals surface area contributed by atoms with E-state index >= 15 is 0 Å². The van der Waals surface area contributed by atoms with E-state index < -0.39 is 0 Å². The molecule has 0 rings (SSSR count). The Balaban J connectivity index is 3.38. The maximum absolute atomic E-state index is 8.69. The van der Waals surface area contributed by atoms with Crippen LogP contribution in [0.4, 0.5) is 0 Å². The molecule has 0 spiro atoms. The molecule has 0 unspecified atom stereocenters. The minimum atomic E-state index is 0.120. The summed E-state index contributed by atoms with van der Waals surface area (Å²) in [7, 11) is 3.38. The van der Waals surface area contributed by atoms with Crippen LogP contribution in [0, 0.1) is 0 Å². The van der Waals surface area contributed by atoms with Crippen LogP contribution in [0.3, 0.4) is 0 Å². The van der Waals surface area contributed by atoms with Gasteiger partial charge in [-0.3, -0.25) is 0 Å². The monoisotopic (exact) mass is 196 g/mol. The maximum atomic E-state index is 8.69. The molecule has 0 saturated heterocycles. The zero-order valence-electron chi connectivity index (χ0n) is 7.04. The molecule has 2 nitrogen and oxygen atoms in total. The Kier molecular flexibility index (Phi) is 6.52. The second-order valence-corrected chi connectivity index (χ2v) is 5.99. The standard InChI is InChI=1S/C7H16O2S2/c1-7(2,3-4-8)11-10-6-5-9/h8-9H,3-6H2,1-2H3. The van der Waals surface area contributed by atoms with E-state index in [4.69, 9.17) is 10.2 Å². The number of rotatable bonds is 6. The molecule has 4 heteroatoms. The molecule has 0 heterocycles. The molecule has 0 aliphatic heterocycles. The Morgan fingerprint density at radius 1 is 1.18 bits per heavy atom. The molecule has 68 valence electrons. The van der Waals surface area contributed by atoms with E-state index in [1.165, 1.54) is 0 Å². The fourth-order valence-corrected chi connectivity index (χ4v) is 2.88. The first-order chi connectivity index (χ1) is 5.12. The van der Waals surface area contributed by atoms with Gasteiger partial charge in [-0.2, -0.15) is 0 Å². The van der Waals surface area contributed by atoms with E-state index in [0.29, 0.717) is 0 Å². The van der Waals surface area contributed by atoms with Crippen molar-refractivity contribution in [3.05, 3.63) is 0 Å². The van der Waals surface area contributed by atoms with Crippen LogP contribution in [-0.2, 0) is 0 Å². The molecule has 0 atom stereocenters. The summed E-state index contributed by atoms with van der Waals surface area (Å²) in [5.41, 5.74) is 0. The number of hydrogen-bond donors (Lipinski definition) is 2. The van der Waals surface area contributed by atoms with E-state index in [9.17, 15) is 0 Å². The Morgan fingerprint density at radius 3 is 2.27 bits per heavy atom. The molecule has 0 aromatic heterocycles. The Morgan fingerprint density at radius 2 is 1.82 bits per heavy atom. The van der Waals surface area contributed by atoms with Crippen molar-refractivity contribution >= 4 is 21.6 Å². The fourth-order valence-electron chi connectivity index (χ4n) is 0.549. The highest BCUT2D eigenvalue weighted by atomic mass is 33.1. The van der Waals surface area contributed by atoms with Crippen LogP contribution in [0.5, 0.6) is 0 Å². The molecule has 0 aromatic carbocycles. The first kappa shape index (κ1) is 11.6. The van der Waals surface area contributed by atoms with Crippen molar-refractivity contribution in [2.75, 3.05) is 19.0 Å². The van der Waals surface area contributed by atoms with E-state index in [0.717, 1.165) is 12.2 Å². The van der Waals surface area contributed by atoms with E-state index in [-0.39, 0.29) is 18.0 Å². The zero-order valence-corrected chi connectivity index (χ0v) is 8.67. The van der Waals surface area contributed by atoms with Gasteiger partial charge in [0.05, 0.1) is 6.61 Å². The van der Waals surface area contributed by atoms with Crippen LogP contribution in [0.25, 0.3) is 0 Å². The van der Waals surface area contributed by atoms with Crippen molar-refractivity contribution in [1.82, 2.24) is 0 Å². The smallest absolute Gasteiger partial charge is 0.0530 e. The molecule has 0 radical (unpaired) electrons. The van der Waals surface area contributed by atoms with Gasteiger partial charge in [-0.1, -0.05) is 21.6 Å². The molecule has 0 amide bonds. The highest BCUT2D eigenvalue weighted by molar-refractivity contribution is 8.77. The van der Waals surface area contributed by atoms with Gasteiger partial charge in [0.15, 0.2) is 0 Å². The quantitative estimate of drug-likeness (QED) is 0.499. The second-order valence-electron chi connectivity index (χ2n) is 2.86. The summed E-state index contributed by atoms with van der Waals surface area (Å²) in [5, 5.41) is 17.2. The highest BCUT2D eigenvalue weighted by Crippen LogP contribution is 2.37. The maximum Gasteiger partial charge on any atom is 0.0530 e. The van der Waals surface area contributed by atoms with Crippen LogP contribution in [0.1, 0.15) is 20.3 Å². The van der Waals surface area contributed by atoms with Gasteiger partial charge in [-0.15, -0.1) is 0 Å². The van der Waals surface area contributed by atoms with Crippen LogP contribution >= 0.6 is 21.6 Å². The van der Waals surface area contributed by atoms with Crippen molar-refractivity contribution in [2.24, 2.45) is 0 Å². The van der Waals surface area contributed by atoms with Crippen LogP contribution in [0.15, 0.2) is 0 Å². The molecular weight excluding hydrogens is 180 g/mol. The van der Waals surface area contributed by atoms with E-state index in [2.05, 4.69) is 13.8 Å². The van der Waals surface area contributed by atoms with E-state index in [1.807, 2.05) is 0 Å². The summed E-state index contributed by atoms with van der Waals surface area (Å²) >= 11 is 0. The third-order valence-electron chi connectivity index (χ3n) is 1.17. The normalized spacial score (nSPS) is 12.0. The summed E-state index contributed by atoms with van der Waals surface area (Å²) in [4.78, 5) is 0. The molecule has 0 aliphatic rings. The number of hydrogen-bond acceptors (Lipinski definition) is 4. The van der Waals surface area contributed by atoms with Crippen LogP contribution < -0.4 is 0 Å². The fraction of sp³-hybridized carbons (Fsp3) is 1.00. The predicted molar refractivity (Wildman–Crippen MR) is 52.9 cm³/mol. The van der Waals surface area contributed by atoms with Crippen molar-refractivity contribution in [3.63, 3.8) is 0 Å². The number of aliphatic hydroxyl groups is 2. The molecule has 0 aromatic rings. The first-order valence-electron chi connectivity index (χ1n) is 3.65. The van der Waals surface area contributed by atoms with Gasteiger partial charge >= 0.3 is 0 Å². The van der Waals surface area contributed by atoms with Crippen molar-refractivity contribution in [3.8, 4) is 0 Å². The molecule has 0 aliphatic carbocycles. The van der Waals surface area contributed by atoms with Gasteiger partial charge < -0.3 is 10.2 Å². The molecule has 0 fully saturated rings. The molecule has 11 heavy (non-hydrogen) atoms. The first-order valence-corrected chi connectivity index (χ1v) is 5.96. The van der Waals surface area contributed by atoms with Gasteiger partial charge in [0.1, 0.15) is 0 Å². The van der Waals surface area contributed by atoms with Gasteiger partial charge in [0.25, 0.3) is 0 Å². The average Bonchev–Trinajstić information content (AvgIpc) is 1.87. The van der Waals surface area contributed by atoms with Gasteiger partial charge in [-0.05, 0) is 20.3 Å². The van der Waals surface area contributed by atoms with Crippen LogP contribution in [0.2, 0.25) is 0 Å². The largest absolute Gasteiger partial charge is 0.396 e. The van der Waals surface area contributed by atoms with Crippen molar-refractivity contribution in [2.45, 2.75) is 25.0 Å². The Bertz CT molecular complexity index is 96.4. The summed E-state index contributed by atoms with van der Waals surface area (Å²) in [6, 6.07) is 0. The van der Waals surface area contributed by atoms with Crippen molar-refractivity contribution < 1.29 is 10.2 Å². The lowest BCUT2D eigenvalue weighted by Crippen LogP contribution is -2.15. The third kappa shape index (κ3) is 7.00. The lowest BCUT2D eigenvalue weighted by Gasteiger charge is -2.21. The zero-order chi connectivity index (χ0) is 8.74. The number of aliphatic hydroxyl groups excluding tert-OH is 2. The Hall–Kier alpha value is 0.620. The summed E-state index contributed by atoms with van der Waals surface area (Å²) in [5.74, 6) is 0.763. The Labute approximate surface area is 76.2 Å². The average molecular weight is 196 g/mol. The van der Waals surface area contributed by atoms with Crippen molar-refractivity contribution in [1.29, 1.82) is 0 Å². The lowest BCUT2D eigenvalue weighted by atomic mass is 10.1.